The minimum Gasteiger partial charge on any atom is -0.335 e. The number of hydrogen-bond acceptors (Lipinski definition) is 5. The summed E-state index contributed by atoms with van der Waals surface area (Å²) in [5.41, 5.74) is 0. The number of carbonyl (C=O) groups excluding carboxylic acids is 2. The normalized spacial score (nSPS) is 17.0. The van der Waals surface area contributed by atoms with E-state index in [1.165, 1.54) is 18.2 Å². The van der Waals surface area contributed by atoms with Crippen LogP contribution in [-0.4, -0.2) is 33.2 Å². The Balaban J connectivity index is 1.76. The topological polar surface area (TPSA) is 84.0 Å². The second kappa shape index (κ2) is 7.97. The van der Waals surface area contributed by atoms with Gasteiger partial charge in [-0.1, -0.05) is 31.0 Å². The van der Waals surface area contributed by atoms with E-state index in [1.54, 1.807) is 25.4 Å². The smallest absolute Gasteiger partial charge is 0.321 e. The van der Waals surface area contributed by atoms with E-state index < -0.39 is 11.3 Å². The van der Waals surface area contributed by atoms with Crippen LogP contribution in [0.3, 0.4) is 0 Å². The number of urea groups is 1. The minimum absolute atomic E-state index is 0.187. The largest absolute Gasteiger partial charge is 0.335 e. The summed E-state index contributed by atoms with van der Waals surface area (Å²) in [5, 5.41) is 5.33. The van der Waals surface area contributed by atoms with Crippen molar-refractivity contribution in [2.24, 2.45) is 0 Å². The maximum absolute atomic E-state index is 12.0. The second-order valence-corrected chi connectivity index (χ2v) is 6.40. The Kier molecular flexibility index (Phi) is 5.98. The predicted octanol–water partition coefficient (Wildman–Crippen LogP) is 2.12. The number of amides is 3. The summed E-state index contributed by atoms with van der Waals surface area (Å²) in [4.78, 5) is 31.8. The molecule has 7 heteroatoms. The Labute approximate surface area is 128 Å². The lowest BCUT2D eigenvalue weighted by atomic mass is 9.96. The van der Waals surface area contributed by atoms with Gasteiger partial charge in [-0.2, -0.15) is 0 Å². The van der Waals surface area contributed by atoms with Crippen molar-refractivity contribution in [2.75, 3.05) is 0 Å². The van der Waals surface area contributed by atoms with E-state index in [2.05, 4.69) is 20.6 Å². The fraction of sp³-hybridized carbons (Fsp3) is 0.571. The average molecular weight is 308 g/mol. The molecule has 0 aromatic carbocycles. The molecule has 1 saturated carbocycles. The van der Waals surface area contributed by atoms with Gasteiger partial charge < -0.3 is 5.32 Å². The molecule has 1 aliphatic rings. The Morgan fingerprint density at radius 1 is 1.24 bits per heavy atom. The Morgan fingerprint density at radius 3 is 2.57 bits per heavy atom. The van der Waals surface area contributed by atoms with Gasteiger partial charge in [-0.3, -0.25) is 10.1 Å². The van der Waals surface area contributed by atoms with Crippen LogP contribution in [0.5, 0.6) is 0 Å². The number of nitrogens with zero attached hydrogens (tertiary/aromatic N) is 2. The second-order valence-electron chi connectivity index (χ2n) is 5.09. The summed E-state index contributed by atoms with van der Waals surface area (Å²) in [6.45, 7) is 1.73. The zero-order valence-electron chi connectivity index (χ0n) is 12.0. The number of aromatic nitrogens is 2. The van der Waals surface area contributed by atoms with Crippen LogP contribution in [0.1, 0.15) is 39.0 Å². The molecule has 2 rings (SSSR count). The van der Waals surface area contributed by atoms with Crippen molar-refractivity contribution in [3.63, 3.8) is 0 Å². The van der Waals surface area contributed by atoms with Crippen molar-refractivity contribution in [3.8, 4) is 0 Å². The van der Waals surface area contributed by atoms with Crippen LogP contribution in [0.15, 0.2) is 23.6 Å². The monoisotopic (exact) mass is 308 g/mol. The SMILES string of the molecule is CC(Sc1ncccn1)C(=O)NC(=O)NC1CCCCC1. The van der Waals surface area contributed by atoms with E-state index in [0.29, 0.717) is 5.16 Å². The molecule has 1 aromatic heterocycles. The van der Waals surface area contributed by atoms with Crippen LogP contribution >= 0.6 is 11.8 Å². The lowest BCUT2D eigenvalue weighted by Crippen LogP contribution is -2.47. The molecule has 0 radical (unpaired) electrons. The standard InChI is InChI=1S/C14H20N4O2S/c1-10(21-14-15-8-5-9-16-14)12(19)18-13(20)17-11-6-3-2-4-7-11/h5,8-11H,2-4,6-7H2,1H3,(H2,17,18,19,20). The molecule has 1 fully saturated rings. The highest BCUT2D eigenvalue weighted by Gasteiger charge is 2.20. The van der Waals surface area contributed by atoms with Crippen molar-refractivity contribution >= 4 is 23.7 Å². The van der Waals surface area contributed by atoms with Gasteiger partial charge in [0.2, 0.25) is 5.91 Å². The summed E-state index contributed by atoms with van der Waals surface area (Å²) in [7, 11) is 0. The first-order valence-corrected chi connectivity index (χ1v) is 8.08. The van der Waals surface area contributed by atoms with Crippen molar-refractivity contribution in [2.45, 2.75) is 55.5 Å². The van der Waals surface area contributed by atoms with Gasteiger partial charge in [0.15, 0.2) is 5.16 Å². The molecule has 1 atom stereocenters. The minimum atomic E-state index is -0.426. The van der Waals surface area contributed by atoms with E-state index in [-0.39, 0.29) is 11.9 Å². The van der Waals surface area contributed by atoms with Crippen LogP contribution in [0.2, 0.25) is 0 Å². The molecule has 0 bridgehead atoms. The molecule has 0 aliphatic heterocycles. The van der Waals surface area contributed by atoms with Gasteiger partial charge in [0, 0.05) is 18.4 Å². The summed E-state index contributed by atoms with van der Waals surface area (Å²) in [6, 6.07) is 1.49. The van der Waals surface area contributed by atoms with E-state index in [4.69, 9.17) is 0 Å². The summed E-state index contributed by atoms with van der Waals surface area (Å²) in [6.07, 6.45) is 8.72. The van der Waals surface area contributed by atoms with E-state index in [9.17, 15) is 9.59 Å². The highest BCUT2D eigenvalue weighted by molar-refractivity contribution is 8.00. The summed E-state index contributed by atoms with van der Waals surface area (Å²) < 4.78 is 0. The number of carbonyl (C=O) groups is 2. The molecular formula is C14H20N4O2S. The van der Waals surface area contributed by atoms with Gasteiger partial charge in [0.05, 0.1) is 5.25 Å². The lowest BCUT2D eigenvalue weighted by Gasteiger charge is -2.22. The van der Waals surface area contributed by atoms with Gasteiger partial charge in [-0.05, 0) is 25.8 Å². The molecule has 1 unspecified atom stereocenters. The molecule has 0 spiro atoms. The lowest BCUT2D eigenvalue weighted by molar-refractivity contribution is -0.119. The molecule has 21 heavy (non-hydrogen) atoms. The molecule has 1 aliphatic carbocycles. The number of nitrogens with one attached hydrogen (secondary N) is 2. The van der Waals surface area contributed by atoms with Crippen molar-refractivity contribution < 1.29 is 9.59 Å². The van der Waals surface area contributed by atoms with Gasteiger partial charge in [0.25, 0.3) is 0 Å². The van der Waals surface area contributed by atoms with Crippen LogP contribution in [0.25, 0.3) is 0 Å². The van der Waals surface area contributed by atoms with Gasteiger partial charge in [-0.15, -0.1) is 0 Å². The highest BCUT2D eigenvalue weighted by atomic mass is 32.2. The van der Waals surface area contributed by atoms with E-state index in [0.717, 1.165) is 25.7 Å². The molecule has 2 N–H and O–H groups in total. The van der Waals surface area contributed by atoms with Gasteiger partial charge in [0.1, 0.15) is 0 Å². The molecule has 114 valence electrons. The third kappa shape index (κ3) is 5.34. The molecule has 1 aromatic rings. The first-order chi connectivity index (χ1) is 10.1. The molecule has 3 amide bonds. The number of imide groups is 1. The third-order valence-corrected chi connectivity index (χ3v) is 4.36. The number of hydrogen-bond donors (Lipinski definition) is 2. The average Bonchev–Trinajstić information content (AvgIpc) is 2.49. The molecule has 6 nitrogen and oxygen atoms in total. The fourth-order valence-electron chi connectivity index (χ4n) is 2.24. The van der Waals surface area contributed by atoms with Gasteiger partial charge in [-0.25, -0.2) is 14.8 Å². The molecule has 1 heterocycles. The summed E-state index contributed by atoms with van der Waals surface area (Å²) in [5.74, 6) is -0.333. The first-order valence-electron chi connectivity index (χ1n) is 7.20. The van der Waals surface area contributed by atoms with Crippen LogP contribution in [-0.2, 0) is 4.79 Å². The quantitative estimate of drug-likeness (QED) is 0.657. The number of rotatable bonds is 4. The van der Waals surface area contributed by atoms with Gasteiger partial charge >= 0.3 is 6.03 Å². The third-order valence-electron chi connectivity index (χ3n) is 3.37. The zero-order chi connectivity index (χ0) is 15.1. The maximum atomic E-state index is 12.0. The Bertz CT molecular complexity index is 477. The maximum Gasteiger partial charge on any atom is 0.321 e. The van der Waals surface area contributed by atoms with Crippen molar-refractivity contribution in [3.05, 3.63) is 18.5 Å². The van der Waals surface area contributed by atoms with Crippen LogP contribution < -0.4 is 10.6 Å². The van der Waals surface area contributed by atoms with E-state index >= 15 is 0 Å². The summed E-state index contributed by atoms with van der Waals surface area (Å²) >= 11 is 1.23. The Morgan fingerprint density at radius 2 is 1.90 bits per heavy atom. The van der Waals surface area contributed by atoms with Crippen LogP contribution in [0.4, 0.5) is 4.79 Å². The Hall–Kier alpha value is -1.63. The van der Waals surface area contributed by atoms with Crippen molar-refractivity contribution in [1.29, 1.82) is 0 Å². The fourth-order valence-corrected chi connectivity index (χ4v) is 2.97. The molecular weight excluding hydrogens is 288 g/mol. The molecule has 0 saturated heterocycles. The first kappa shape index (κ1) is 15.8. The highest BCUT2D eigenvalue weighted by Crippen LogP contribution is 2.19. The van der Waals surface area contributed by atoms with E-state index in [1.807, 2.05) is 0 Å². The number of thioether (sulfide) groups is 1. The predicted molar refractivity (Wildman–Crippen MR) is 80.9 cm³/mol. The zero-order valence-corrected chi connectivity index (χ0v) is 12.9. The van der Waals surface area contributed by atoms with Crippen molar-refractivity contribution in [1.82, 2.24) is 20.6 Å². The van der Waals surface area contributed by atoms with Crippen LogP contribution in [0, 0.1) is 0 Å².